The predicted octanol–water partition coefficient (Wildman–Crippen LogP) is 1.63. The van der Waals surface area contributed by atoms with Gasteiger partial charge in [0.1, 0.15) is 12.4 Å². The van der Waals surface area contributed by atoms with Crippen molar-refractivity contribution in [3.8, 4) is 0 Å². The van der Waals surface area contributed by atoms with E-state index in [1.54, 1.807) is 19.2 Å². The smallest absolute Gasteiger partial charge is 0.289 e. The van der Waals surface area contributed by atoms with E-state index in [2.05, 4.69) is 6.92 Å². The average molecular weight is 266 g/mol. The number of likely N-dealkylation sites (tertiary alicyclic amines) is 1. The normalized spacial score (nSPS) is 23.6. The molecule has 19 heavy (non-hydrogen) atoms. The second-order valence-corrected chi connectivity index (χ2v) is 5.22. The molecule has 2 rings (SSSR count). The van der Waals surface area contributed by atoms with E-state index in [9.17, 15) is 4.79 Å². The molecule has 1 aliphatic heterocycles. The first-order chi connectivity index (χ1) is 9.15. The molecule has 2 atom stereocenters. The van der Waals surface area contributed by atoms with Crippen LogP contribution >= 0.6 is 0 Å². The Labute approximate surface area is 113 Å². The largest absolute Gasteiger partial charge is 0.453 e. The van der Waals surface area contributed by atoms with Crippen molar-refractivity contribution in [1.82, 2.24) is 4.90 Å². The number of methoxy groups -OCH3 is 1. The number of rotatable bonds is 4. The van der Waals surface area contributed by atoms with Crippen molar-refractivity contribution in [3.05, 3.63) is 23.7 Å². The fraction of sp³-hybridized carbons (Fsp3) is 0.643. The highest BCUT2D eigenvalue weighted by Gasteiger charge is 2.30. The van der Waals surface area contributed by atoms with Crippen LogP contribution in [0.1, 0.15) is 36.1 Å². The Morgan fingerprint density at radius 3 is 3.05 bits per heavy atom. The average Bonchev–Trinajstić information content (AvgIpc) is 2.87. The quantitative estimate of drug-likeness (QED) is 0.899. The van der Waals surface area contributed by atoms with Crippen LogP contribution in [0.15, 0.2) is 16.5 Å². The van der Waals surface area contributed by atoms with Crippen LogP contribution in [0.2, 0.25) is 0 Å². The number of nitrogens with zero attached hydrogens (tertiary/aromatic N) is 1. The van der Waals surface area contributed by atoms with Crippen molar-refractivity contribution in [1.29, 1.82) is 0 Å². The molecule has 1 aromatic rings. The van der Waals surface area contributed by atoms with Crippen LogP contribution in [-0.2, 0) is 11.3 Å². The lowest BCUT2D eigenvalue weighted by Gasteiger charge is -2.37. The standard InChI is InChI=1S/C14H22N2O3/c1-10-5-6-16(11(7-10)8-15)14(17)13-4-3-12(19-13)9-18-2/h3-4,10-11H,5-9,15H2,1-2H3. The van der Waals surface area contributed by atoms with Crippen molar-refractivity contribution < 1.29 is 13.9 Å². The van der Waals surface area contributed by atoms with E-state index in [-0.39, 0.29) is 11.9 Å². The van der Waals surface area contributed by atoms with Crippen molar-refractivity contribution in [2.45, 2.75) is 32.4 Å². The van der Waals surface area contributed by atoms with Gasteiger partial charge in [-0.05, 0) is 30.9 Å². The molecule has 0 spiro atoms. The lowest BCUT2D eigenvalue weighted by atomic mass is 9.92. The number of nitrogens with two attached hydrogens (primary N) is 1. The van der Waals surface area contributed by atoms with E-state index in [1.165, 1.54) is 0 Å². The van der Waals surface area contributed by atoms with Gasteiger partial charge in [-0.25, -0.2) is 0 Å². The summed E-state index contributed by atoms with van der Waals surface area (Å²) in [7, 11) is 1.60. The van der Waals surface area contributed by atoms with E-state index >= 15 is 0 Å². The molecule has 0 radical (unpaired) electrons. The Balaban J connectivity index is 2.08. The van der Waals surface area contributed by atoms with E-state index in [0.29, 0.717) is 30.6 Å². The van der Waals surface area contributed by atoms with Gasteiger partial charge in [0.15, 0.2) is 5.76 Å². The fourth-order valence-corrected chi connectivity index (χ4v) is 2.60. The summed E-state index contributed by atoms with van der Waals surface area (Å²) in [5, 5.41) is 0. The molecule has 0 aromatic carbocycles. The third kappa shape index (κ3) is 3.16. The summed E-state index contributed by atoms with van der Waals surface area (Å²) < 4.78 is 10.5. The third-order valence-electron chi connectivity index (χ3n) is 3.67. The van der Waals surface area contributed by atoms with Crippen LogP contribution < -0.4 is 5.73 Å². The van der Waals surface area contributed by atoms with Crippen LogP contribution in [0.25, 0.3) is 0 Å². The minimum Gasteiger partial charge on any atom is -0.453 e. The van der Waals surface area contributed by atoms with Crippen LogP contribution in [0.4, 0.5) is 0 Å². The van der Waals surface area contributed by atoms with Gasteiger partial charge in [0.25, 0.3) is 5.91 Å². The molecule has 1 amide bonds. The monoisotopic (exact) mass is 266 g/mol. The molecule has 1 saturated heterocycles. The summed E-state index contributed by atoms with van der Waals surface area (Å²) in [6, 6.07) is 3.61. The van der Waals surface area contributed by atoms with Gasteiger partial charge in [0, 0.05) is 26.2 Å². The van der Waals surface area contributed by atoms with Crippen molar-refractivity contribution in [2.24, 2.45) is 11.7 Å². The highest BCUT2D eigenvalue weighted by atomic mass is 16.5. The number of carbonyl (C=O) groups is 1. The molecule has 106 valence electrons. The van der Waals surface area contributed by atoms with Crippen molar-refractivity contribution in [2.75, 3.05) is 20.2 Å². The zero-order chi connectivity index (χ0) is 13.8. The topological polar surface area (TPSA) is 68.7 Å². The number of carbonyl (C=O) groups excluding carboxylic acids is 1. The number of hydrogen-bond donors (Lipinski definition) is 1. The van der Waals surface area contributed by atoms with Crippen molar-refractivity contribution in [3.63, 3.8) is 0 Å². The minimum absolute atomic E-state index is 0.0651. The Morgan fingerprint density at radius 1 is 1.58 bits per heavy atom. The number of hydrogen-bond acceptors (Lipinski definition) is 4. The molecule has 5 nitrogen and oxygen atoms in total. The Hall–Kier alpha value is -1.33. The summed E-state index contributed by atoms with van der Waals surface area (Å²) in [5.74, 6) is 1.60. The highest BCUT2D eigenvalue weighted by Crippen LogP contribution is 2.24. The fourth-order valence-electron chi connectivity index (χ4n) is 2.60. The maximum atomic E-state index is 12.4. The van der Waals surface area contributed by atoms with Crippen LogP contribution in [0, 0.1) is 5.92 Å². The van der Waals surface area contributed by atoms with Gasteiger partial charge >= 0.3 is 0 Å². The maximum Gasteiger partial charge on any atom is 0.289 e. The lowest BCUT2D eigenvalue weighted by Crippen LogP contribution is -2.49. The van der Waals surface area contributed by atoms with Crippen LogP contribution in [0.5, 0.6) is 0 Å². The summed E-state index contributed by atoms with van der Waals surface area (Å²) in [6.45, 7) is 3.84. The van der Waals surface area contributed by atoms with Gasteiger partial charge in [-0.1, -0.05) is 6.92 Å². The van der Waals surface area contributed by atoms with Gasteiger partial charge in [-0.15, -0.1) is 0 Å². The summed E-state index contributed by atoms with van der Waals surface area (Å²) in [6.07, 6.45) is 1.99. The maximum absolute atomic E-state index is 12.4. The molecule has 1 aromatic heterocycles. The molecule has 0 bridgehead atoms. The van der Waals surface area contributed by atoms with E-state index in [1.807, 2.05) is 4.90 Å². The number of piperidine rings is 1. The molecule has 0 saturated carbocycles. The summed E-state index contributed by atoms with van der Waals surface area (Å²) in [4.78, 5) is 14.3. The first-order valence-corrected chi connectivity index (χ1v) is 6.74. The van der Waals surface area contributed by atoms with Gasteiger partial charge in [0.05, 0.1) is 0 Å². The van der Waals surface area contributed by atoms with Crippen molar-refractivity contribution >= 4 is 5.91 Å². The molecular formula is C14H22N2O3. The van der Waals surface area contributed by atoms with Crippen LogP contribution in [0.3, 0.4) is 0 Å². The molecule has 0 aliphatic carbocycles. The lowest BCUT2D eigenvalue weighted by molar-refractivity contribution is 0.0535. The zero-order valence-corrected chi connectivity index (χ0v) is 11.6. The molecular weight excluding hydrogens is 244 g/mol. The third-order valence-corrected chi connectivity index (χ3v) is 3.67. The number of furan rings is 1. The van der Waals surface area contributed by atoms with Gasteiger partial charge < -0.3 is 19.8 Å². The second-order valence-electron chi connectivity index (χ2n) is 5.22. The van der Waals surface area contributed by atoms with E-state index in [0.717, 1.165) is 19.4 Å². The molecule has 5 heteroatoms. The van der Waals surface area contributed by atoms with Gasteiger partial charge in [-0.2, -0.15) is 0 Å². The van der Waals surface area contributed by atoms with E-state index < -0.39 is 0 Å². The number of amides is 1. The molecule has 2 N–H and O–H groups in total. The molecule has 1 aliphatic rings. The first-order valence-electron chi connectivity index (χ1n) is 6.74. The second kappa shape index (κ2) is 6.21. The van der Waals surface area contributed by atoms with Gasteiger partial charge in [0.2, 0.25) is 0 Å². The Morgan fingerprint density at radius 2 is 2.37 bits per heavy atom. The summed E-state index contributed by atoms with van der Waals surface area (Å²) in [5.41, 5.74) is 5.78. The Bertz CT molecular complexity index is 430. The highest BCUT2D eigenvalue weighted by molar-refractivity contribution is 5.91. The minimum atomic E-state index is -0.0651. The SMILES string of the molecule is COCc1ccc(C(=O)N2CCC(C)CC2CN)o1. The zero-order valence-electron chi connectivity index (χ0n) is 11.6. The molecule has 1 fully saturated rings. The first kappa shape index (κ1) is 14.1. The van der Waals surface area contributed by atoms with E-state index in [4.69, 9.17) is 14.9 Å². The molecule has 2 heterocycles. The van der Waals surface area contributed by atoms with Gasteiger partial charge in [-0.3, -0.25) is 4.79 Å². The molecule has 2 unspecified atom stereocenters. The summed E-state index contributed by atoms with van der Waals surface area (Å²) >= 11 is 0. The predicted molar refractivity (Wildman–Crippen MR) is 71.7 cm³/mol. The number of ether oxygens (including phenoxy) is 1. The van der Waals surface area contributed by atoms with Crippen LogP contribution in [-0.4, -0.2) is 37.0 Å². The Kier molecular flexibility index (Phi) is 4.61.